The monoisotopic (exact) mass is 268 g/mol. The zero-order chi connectivity index (χ0) is 12.4. The highest BCUT2D eigenvalue weighted by molar-refractivity contribution is 7.14. The van der Waals surface area contributed by atoms with Crippen molar-refractivity contribution in [1.29, 1.82) is 0 Å². The third kappa shape index (κ3) is 2.40. The van der Waals surface area contributed by atoms with E-state index in [0.717, 1.165) is 11.3 Å². The maximum absolute atomic E-state index is 10.9. The molecule has 0 aliphatic carbocycles. The van der Waals surface area contributed by atoms with Gasteiger partial charge in [0.25, 0.3) is 0 Å². The Bertz CT molecular complexity index is 568. The van der Waals surface area contributed by atoms with Gasteiger partial charge in [-0.25, -0.2) is 9.78 Å². The van der Waals surface area contributed by atoms with E-state index in [9.17, 15) is 4.79 Å². The van der Waals surface area contributed by atoms with E-state index in [0.29, 0.717) is 10.0 Å². The number of carboxylic acids is 1. The molecule has 2 rings (SSSR count). The number of rotatable bonds is 3. The zero-order valence-corrected chi connectivity index (χ0v) is 10.5. The van der Waals surface area contributed by atoms with Crippen LogP contribution in [0.15, 0.2) is 23.7 Å². The number of thiazole rings is 1. The van der Waals surface area contributed by atoms with Gasteiger partial charge < -0.3 is 10.4 Å². The first-order valence-electron chi connectivity index (χ1n) is 4.78. The Balaban J connectivity index is 2.35. The van der Waals surface area contributed by atoms with Gasteiger partial charge in [0.05, 0.1) is 5.51 Å². The second-order valence-electron chi connectivity index (χ2n) is 3.37. The first-order valence-corrected chi connectivity index (χ1v) is 6.04. The van der Waals surface area contributed by atoms with E-state index in [4.69, 9.17) is 16.7 Å². The summed E-state index contributed by atoms with van der Waals surface area (Å²) in [5, 5.41) is 13.1. The number of aromatic nitrogens is 1. The molecule has 0 saturated heterocycles. The average molecular weight is 269 g/mol. The summed E-state index contributed by atoms with van der Waals surface area (Å²) in [4.78, 5) is 14.7. The molecule has 0 bridgehead atoms. The van der Waals surface area contributed by atoms with Gasteiger partial charge in [-0.15, -0.1) is 11.3 Å². The summed E-state index contributed by atoms with van der Waals surface area (Å²) in [5.74, 6) is -1.05. The molecule has 0 amide bonds. The summed E-state index contributed by atoms with van der Waals surface area (Å²) in [7, 11) is 0. The molecule has 0 unspecified atom stereocenters. The third-order valence-corrected chi connectivity index (χ3v) is 3.44. The Morgan fingerprint density at radius 3 is 3.00 bits per heavy atom. The molecule has 0 fully saturated rings. The van der Waals surface area contributed by atoms with E-state index in [-0.39, 0.29) is 5.69 Å². The lowest BCUT2D eigenvalue weighted by Gasteiger charge is -2.09. The third-order valence-electron chi connectivity index (χ3n) is 2.29. The predicted molar refractivity (Wildman–Crippen MR) is 68.5 cm³/mol. The normalized spacial score (nSPS) is 10.2. The standard InChI is InChI=1S/C11H9ClN2O2S/c1-6-7(12)3-2-4-8(6)14-10-9(11(15)16)13-5-17-10/h2-5,14H,1H3,(H,15,16). The van der Waals surface area contributed by atoms with Crippen LogP contribution in [0.2, 0.25) is 5.02 Å². The summed E-state index contributed by atoms with van der Waals surface area (Å²) in [6.45, 7) is 1.87. The predicted octanol–water partition coefficient (Wildman–Crippen LogP) is 3.55. The lowest BCUT2D eigenvalue weighted by molar-refractivity contribution is 0.0692. The van der Waals surface area contributed by atoms with Gasteiger partial charge in [-0.1, -0.05) is 17.7 Å². The van der Waals surface area contributed by atoms with Crippen LogP contribution in [0, 0.1) is 6.92 Å². The van der Waals surface area contributed by atoms with Crippen LogP contribution < -0.4 is 5.32 Å². The number of halogens is 1. The molecular weight excluding hydrogens is 260 g/mol. The highest BCUT2D eigenvalue weighted by Crippen LogP contribution is 2.29. The van der Waals surface area contributed by atoms with Crippen LogP contribution in [-0.4, -0.2) is 16.1 Å². The van der Waals surface area contributed by atoms with Crippen LogP contribution in [0.4, 0.5) is 10.7 Å². The number of hydrogen-bond donors (Lipinski definition) is 2. The number of aromatic carboxylic acids is 1. The SMILES string of the molecule is Cc1c(Cl)cccc1Nc1scnc1C(=O)O. The van der Waals surface area contributed by atoms with E-state index in [1.807, 2.05) is 13.0 Å². The molecule has 1 aromatic heterocycles. The molecule has 0 spiro atoms. The molecule has 0 aliphatic heterocycles. The van der Waals surface area contributed by atoms with Crippen molar-refractivity contribution in [2.45, 2.75) is 6.92 Å². The topological polar surface area (TPSA) is 62.2 Å². The van der Waals surface area contributed by atoms with Crippen LogP contribution in [0.3, 0.4) is 0 Å². The number of hydrogen-bond acceptors (Lipinski definition) is 4. The van der Waals surface area contributed by atoms with Crippen molar-refractivity contribution in [2.75, 3.05) is 5.32 Å². The second kappa shape index (κ2) is 4.73. The van der Waals surface area contributed by atoms with E-state index in [1.165, 1.54) is 16.8 Å². The van der Waals surface area contributed by atoms with Gasteiger partial charge in [0.2, 0.25) is 0 Å². The fraction of sp³-hybridized carbons (Fsp3) is 0.0909. The molecule has 0 saturated carbocycles. The van der Waals surface area contributed by atoms with Crippen molar-refractivity contribution in [3.8, 4) is 0 Å². The van der Waals surface area contributed by atoms with Crippen LogP contribution in [0.1, 0.15) is 16.1 Å². The van der Waals surface area contributed by atoms with Gasteiger partial charge in [-0.3, -0.25) is 0 Å². The van der Waals surface area contributed by atoms with Crippen LogP contribution >= 0.6 is 22.9 Å². The Morgan fingerprint density at radius 1 is 1.53 bits per heavy atom. The lowest BCUT2D eigenvalue weighted by atomic mass is 10.2. The summed E-state index contributed by atoms with van der Waals surface area (Å²) >= 11 is 7.23. The smallest absolute Gasteiger partial charge is 0.357 e. The lowest BCUT2D eigenvalue weighted by Crippen LogP contribution is -2.01. The molecule has 4 nitrogen and oxygen atoms in total. The largest absolute Gasteiger partial charge is 0.476 e. The molecule has 2 aromatic rings. The van der Waals surface area contributed by atoms with Gasteiger partial charge in [-0.05, 0) is 24.6 Å². The fourth-order valence-electron chi connectivity index (χ4n) is 1.35. The molecule has 1 heterocycles. The Labute approximate surface area is 107 Å². The first-order chi connectivity index (χ1) is 8.09. The van der Waals surface area contributed by atoms with Crippen molar-refractivity contribution < 1.29 is 9.90 Å². The number of carboxylic acid groups (broad SMARTS) is 1. The highest BCUT2D eigenvalue weighted by atomic mass is 35.5. The van der Waals surface area contributed by atoms with Crippen LogP contribution in [0.25, 0.3) is 0 Å². The van der Waals surface area contributed by atoms with E-state index < -0.39 is 5.97 Å². The number of carbonyl (C=O) groups is 1. The number of nitrogens with zero attached hydrogens (tertiary/aromatic N) is 1. The quantitative estimate of drug-likeness (QED) is 0.894. The van der Waals surface area contributed by atoms with Crippen molar-refractivity contribution >= 4 is 39.6 Å². The van der Waals surface area contributed by atoms with Gasteiger partial charge in [0.1, 0.15) is 5.00 Å². The van der Waals surface area contributed by atoms with Crippen molar-refractivity contribution in [2.24, 2.45) is 0 Å². The van der Waals surface area contributed by atoms with E-state index >= 15 is 0 Å². The first kappa shape index (κ1) is 11.9. The maximum Gasteiger partial charge on any atom is 0.357 e. The molecule has 0 atom stereocenters. The van der Waals surface area contributed by atoms with Gasteiger partial charge in [0, 0.05) is 10.7 Å². The van der Waals surface area contributed by atoms with Gasteiger partial charge in [-0.2, -0.15) is 0 Å². The molecule has 17 heavy (non-hydrogen) atoms. The Morgan fingerprint density at radius 2 is 2.29 bits per heavy atom. The molecule has 0 radical (unpaired) electrons. The van der Waals surface area contributed by atoms with Crippen LogP contribution in [0.5, 0.6) is 0 Å². The highest BCUT2D eigenvalue weighted by Gasteiger charge is 2.14. The average Bonchev–Trinajstić information content (AvgIpc) is 2.73. The zero-order valence-electron chi connectivity index (χ0n) is 8.90. The fourth-order valence-corrected chi connectivity index (χ4v) is 2.21. The van der Waals surface area contributed by atoms with Gasteiger partial charge in [0.15, 0.2) is 5.69 Å². The molecule has 2 N–H and O–H groups in total. The minimum absolute atomic E-state index is 0.0226. The number of anilines is 2. The van der Waals surface area contributed by atoms with Crippen molar-refractivity contribution in [3.63, 3.8) is 0 Å². The molecule has 1 aromatic carbocycles. The Kier molecular flexibility index (Phi) is 3.31. The van der Waals surface area contributed by atoms with E-state index in [2.05, 4.69) is 10.3 Å². The van der Waals surface area contributed by atoms with E-state index in [1.54, 1.807) is 12.1 Å². The Hall–Kier alpha value is -1.59. The van der Waals surface area contributed by atoms with Crippen molar-refractivity contribution in [3.05, 3.63) is 40.0 Å². The number of benzene rings is 1. The maximum atomic E-state index is 10.9. The minimum atomic E-state index is -1.05. The molecule has 88 valence electrons. The summed E-state index contributed by atoms with van der Waals surface area (Å²) in [6, 6.07) is 5.43. The summed E-state index contributed by atoms with van der Waals surface area (Å²) in [6.07, 6.45) is 0. The van der Waals surface area contributed by atoms with Crippen molar-refractivity contribution in [1.82, 2.24) is 4.98 Å². The number of nitrogens with one attached hydrogen (secondary N) is 1. The van der Waals surface area contributed by atoms with Crippen LogP contribution in [-0.2, 0) is 0 Å². The summed E-state index contributed by atoms with van der Waals surface area (Å²) < 4.78 is 0. The molecule has 0 aliphatic rings. The summed E-state index contributed by atoms with van der Waals surface area (Å²) in [5.41, 5.74) is 3.17. The molecule has 6 heteroatoms. The minimum Gasteiger partial charge on any atom is -0.476 e. The van der Waals surface area contributed by atoms with Gasteiger partial charge >= 0.3 is 5.97 Å². The molecular formula is C11H9ClN2O2S. The second-order valence-corrected chi connectivity index (χ2v) is 4.63.